The number of carbonyl (C=O) groups is 1. The molecule has 0 aliphatic carbocycles. The van der Waals surface area contributed by atoms with E-state index in [4.69, 9.17) is 35.4 Å². The number of hydrogen-bond acceptors (Lipinski definition) is 11. The summed E-state index contributed by atoms with van der Waals surface area (Å²) in [4.78, 5) is 17.2. The molecular weight excluding hydrogens is 538 g/mol. The summed E-state index contributed by atoms with van der Waals surface area (Å²) >= 11 is 6.27. The summed E-state index contributed by atoms with van der Waals surface area (Å²) in [6, 6.07) is 13.4. The fourth-order valence-corrected chi connectivity index (χ4v) is 4.04. The largest absolute Gasteiger partial charge is 0.472 e. The summed E-state index contributed by atoms with van der Waals surface area (Å²) in [6.45, 7) is -0.526. The molecule has 2 aromatic carbocycles. The molecule has 0 saturated carbocycles. The SMILES string of the molecule is COC(=O)N(OC)c1ccccc1COc1ccn(-c2ccc(Cl)c(O[C@H]3O[C@H](CO)[C@@H](O)[C@H](O)[C@H]3O)c2)n1. The van der Waals surface area contributed by atoms with Crippen molar-refractivity contribution in [1.82, 2.24) is 9.78 Å². The van der Waals surface area contributed by atoms with Crippen LogP contribution in [0.1, 0.15) is 5.56 Å². The van der Waals surface area contributed by atoms with E-state index in [-0.39, 0.29) is 23.3 Å². The highest BCUT2D eigenvalue weighted by Crippen LogP contribution is 2.31. The Kier molecular flexibility index (Phi) is 9.24. The maximum Gasteiger partial charge on any atom is 0.438 e. The maximum atomic E-state index is 12.0. The van der Waals surface area contributed by atoms with Crippen molar-refractivity contribution in [2.24, 2.45) is 0 Å². The van der Waals surface area contributed by atoms with Crippen LogP contribution in [-0.4, -0.2) is 87.8 Å². The number of carbonyl (C=O) groups excluding carboxylic acids is 1. The van der Waals surface area contributed by atoms with E-state index in [1.807, 2.05) is 0 Å². The molecule has 1 amide bonds. The van der Waals surface area contributed by atoms with Gasteiger partial charge in [0.1, 0.15) is 36.8 Å². The Labute approximate surface area is 228 Å². The van der Waals surface area contributed by atoms with E-state index in [2.05, 4.69) is 5.10 Å². The quantitative estimate of drug-likeness (QED) is 0.277. The number of hydrogen-bond donors (Lipinski definition) is 4. The van der Waals surface area contributed by atoms with Crippen LogP contribution in [0.5, 0.6) is 11.6 Å². The lowest BCUT2D eigenvalue weighted by Crippen LogP contribution is -2.60. The fraction of sp³-hybridized carbons (Fsp3) is 0.360. The van der Waals surface area contributed by atoms with Crippen LogP contribution in [0.4, 0.5) is 10.5 Å². The molecule has 5 atom stereocenters. The topological polar surface area (TPSA) is 165 Å². The Morgan fingerprint density at radius 3 is 2.59 bits per heavy atom. The number of nitrogens with zero attached hydrogens (tertiary/aromatic N) is 3. The number of ether oxygens (including phenoxy) is 4. The van der Waals surface area contributed by atoms with Crippen LogP contribution in [-0.2, 0) is 20.9 Å². The van der Waals surface area contributed by atoms with E-state index in [0.717, 1.165) is 5.06 Å². The van der Waals surface area contributed by atoms with Crippen LogP contribution >= 0.6 is 11.6 Å². The van der Waals surface area contributed by atoms with Gasteiger partial charge in [0.15, 0.2) is 0 Å². The molecule has 0 unspecified atom stereocenters. The first kappa shape index (κ1) is 28.6. The van der Waals surface area contributed by atoms with E-state index in [1.165, 1.54) is 25.0 Å². The van der Waals surface area contributed by atoms with Crippen LogP contribution in [0.15, 0.2) is 54.7 Å². The van der Waals surface area contributed by atoms with Crippen LogP contribution in [0, 0.1) is 0 Å². The van der Waals surface area contributed by atoms with Crippen molar-refractivity contribution in [3.05, 3.63) is 65.3 Å². The first-order valence-electron chi connectivity index (χ1n) is 11.7. The zero-order valence-electron chi connectivity index (χ0n) is 21.0. The molecule has 210 valence electrons. The number of aromatic nitrogens is 2. The second kappa shape index (κ2) is 12.6. The lowest BCUT2D eigenvalue weighted by Gasteiger charge is -2.39. The van der Waals surface area contributed by atoms with Gasteiger partial charge in [-0.1, -0.05) is 29.8 Å². The molecule has 0 bridgehead atoms. The van der Waals surface area contributed by atoms with Crippen LogP contribution < -0.4 is 14.5 Å². The summed E-state index contributed by atoms with van der Waals surface area (Å²) in [5.41, 5.74) is 1.60. The van der Waals surface area contributed by atoms with Crippen molar-refractivity contribution < 1.29 is 49.0 Å². The normalized spacial score (nSPS) is 22.8. The van der Waals surface area contributed by atoms with E-state index >= 15 is 0 Å². The highest BCUT2D eigenvalue weighted by atomic mass is 35.5. The minimum absolute atomic E-state index is 0.0656. The van der Waals surface area contributed by atoms with Crippen LogP contribution in [0.2, 0.25) is 5.02 Å². The Morgan fingerprint density at radius 2 is 1.87 bits per heavy atom. The van der Waals surface area contributed by atoms with Crippen LogP contribution in [0.25, 0.3) is 5.69 Å². The van der Waals surface area contributed by atoms with Gasteiger partial charge < -0.3 is 39.4 Å². The summed E-state index contributed by atoms with van der Waals surface area (Å²) in [5.74, 6) is 0.381. The number of aliphatic hydroxyl groups is 4. The second-order valence-corrected chi connectivity index (χ2v) is 8.80. The summed E-state index contributed by atoms with van der Waals surface area (Å²) in [5, 5.41) is 45.2. The van der Waals surface area contributed by atoms with E-state index < -0.39 is 43.4 Å². The zero-order valence-corrected chi connectivity index (χ0v) is 21.7. The average molecular weight is 566 g/mol. The number of halogens is 1. The first-order valence-corrected chi connectivity index (χ1v) is 12.1. The van der Waals surface area contributed by atoms with Gasteiger partial charge in [-0.3, -0.25) is 4.84 Å². The third-order valence-electron chi connectivity index (χ3n) is 5.94. The first-order chi connectivity index (χ1) is 18.8. The average Bonchev–Trinajstić information content (AvgIpc) is 3.43. The van der Waals surface area contributed by atoms with Gasteiger partial charge in [0.2, 0.25) is 12.2 Å². The molecule has 14 heteroatoms. The minimum Gasteiger partial charge on any atom is -0.472 e. The van der Waals surface area contributed by atoms with Crippen molar-refractivity contribution >= 4 is 23.4 Å². The number of rotatable bonds is 9. The van der Waals surface area contributed by atoms with Crippen molar-refractivity contribution in [2.45, 2.75) is 37.3 Å². The Bertz CT molecular complexity index is 1270. The molecule has 1 saturated heterocycles. The van der Waals surface area contributed by atoms with Crippen molar-refractivity contribution in [1.29, 1.82) is 0 Å². The predicted molar refractivity (Wildman–Crippen MR) is 136 cm³/mol. The molecule has 39 heavy (non-hydrogen) atoms. The Balaban J connectivity index is 1.48. The molecule has 1 fully saturated rings. The molecule has 2 heterocycles. The number of anilines is 1. The standard InChI is InChI=1S/C25H28ClN3O10/c1-35-25(34)29(36-2)17-6-4-3-5-14(17)13-37-20-9-10-28(27-20)15-7-8-16(26)18(11-15)38-24-23(33)22(32)21(31)19(12-30)39-24/h3-11,19,21-24,30-33H,12-13H2,1-2H3/t19-,21-,22+,23-,24+/m1/s1. The number of methoxy groups -OCH3 is 1. The zero-order chi connectivity index (χ0) is 28.1. The van der Waals surface area contributed by atoms with Crippen molar-refractivity contribution in [2.75, 3.05) is 25.9 Å². The van der Waals surface area contributed by atoms with Gasteiger partial charge >= 0.3 is 6.09 Å². The van der Waals surface area contributed by atoms with E-state index in [0.29, 0.717) is 16.9 Å². The number of aliphatic hydroxyl groups excluding tert-OH is 4. The molecule has 4 N–H and O–H groups in total. The fourth-order valence-electron chi connectivity index (χ4n) is 3.88. The van der Waals surface area contributed by atoms with Gasteiger partial charge in [-0.15, -0.1) is 5.10 Å². The molecule has 1 aliphatic heterocycles. The number of para-hydroxylation sites is 1. The molecule has 1 aliphatic rings. The predicted octanol–water partition coefficient (Wildman–Crippen LogP) is 1.42. The molecule has 4 rings (SSSR count). The van der Waals surface area contributed by atoms with Crippen LogP contribution in [0.3, 0.4) is 0 Å². The Morgan fingerprint density at radius 1 is 1.10 bits per heavy atom. The lowest BCUT2D eigenvalue weighted by atomic mass is 9.99. The molecule has 0 radical (unpaired) electrons. The van der Waals surface area contributed by atoms with Gasteiger partial charge in [0, 0.05) is 23.9 Å². The van der Waals surface area contributed by atoms with Gasteiger partial charge in [0.25, 0.3) is 0 Å². The third-order valence-corrected chi connectivity index (χ3v) is 6.26. The second-order valence-electron chi connectivity index (χ2n) is 8.39. The lowest BCUT2D eigenvalue weighted by molar-refractivity contribution is -0.277. The highest BCUT2D eigenvalue weighted by molar-refractivity contribution is 6.32. The molecule has 3 aromatic rings. The number of hydroxylamine groups is 1. The minimum atomic E-state index is -1.60. The monoisotopic (exact) mass is 565 g/mol. The summed E-state index contributed by atoms with van der Waals surface area (Å²) < 4.78 is 23.2. The highest BCUT2D eigenvalue weighted by Gasteiger charge is 2.44. The van der Waals surface area contributed by atoms with Gasteiger partial charge in [-0.05, 0) is 18.2 Å². The number of amides is 1. The van der Waals surface area contributed by atoms with Gasteiger partial charge in [-0.2, -0.15) is 5.06 Å². The maximum absolute atomic E-state index is 12.0. The molecule has 0 spiro atoms. The van der Waals surface area contributed by atoms with Gasteiger partial charge in [-0.25, -0.2) is 9.48 Å². The van der Waals surface area contributed by atoms with E-state index in [9.17, 15) is 25.2 Å². The van der Waals surface area contributed by atoms with Gasteiger partial charge in [0.05, 0.1) is 37.2 Å². The summed E-state index contributed by atoms with van der Waals surface area (Å²) in [7, 11) is 2.59. The molecule has 1 aromatic heterocycles. The Hall–Kier alpha value is -3.43. The molecule has 13 nitrogen and oxygen atoms in total. The van der Waals surface area contributed by atoms with Crippen molar-refractivity contribution in [3.8, 4) is 17.3 Å². The smallest absolute Gasteiger partial charge is 0.438 e. The summed E-state index contributed by atoms with van der Waals surface area (Å²) in [6.07, 6.45) is -6.29. The number of benzene rings is 2. The van der Waals surface area contributed by atoms with Crippen molar-refractivity contribution in [3.63, 3.8) is 0 Å². The third kappa shape index (κ3) is 6.25. The van der Waals surface area contributed by atoms with E-state index in [1.54, 1.807) is 48.7 Å². The molecular formula is C25H28ClN3O10.